The van der Waals surface area contributed by atoms with Crippen molar-refractivity contribution in [3.05, 3.63) is 36.5 Å². The lowest BCUT2D eigenvalue weighted by Crippen LogP contribution is -1.97. The first-order chi connectivity index (χ1) is 6.42. The average molecular weight is 175 g/mol. The van der Waals surface area contributed by atoms with E-state index in [-0.39, 0.29) is 6.61 Å². The molecular formula is C11H13NO. The molecule has 2 heteroatoms. The van der Waals surface area contributed by atoms with E-state index in [0.29, 0.717) is 0 Å². The maximum Gasteiger partial charge on any atom is 0.0480 e. The summed E-state index contributed by atoms with van der Waals surface area (Å²) in [5.74, 6) is 0. The van der Waals surface area contributed by atoms with E-state index in [1.54, 1.807) is 0 Å². The fourth-order valence-corrected chi connectivity index (χ4v) is 1.58. The summed E-state index contributed by atoms with van der Waals surface area (Å²) in [6.07, 6.45) is 2.89. The van der Waals surface area contributed by atoms with Crippen molar-refractivity contribution >= 4 is 10.9 Å². The Kier molecular flexibility index (Phi) is 2.32. The van der Waals surface area contributed by atoms with Gasteiger partial charge in [0.05, 0.1) is 0 Å². The Morgan fingerprint density at radius 1 is 1.15 bits per heavy atom. The van der Waals surface area contributed by atoms with Crippen LogP contribution in [-0.2, 0) is 6.54 Å². The maximum atomic E-state index is 8.72. The van der Waals surface area contributed by atoms with Gasteiger partial charge in [0.15, 0.2) is 0 Å². The van der Waals surface area contributed by atoms with Crippen LogP contribution in [0.1, 0.15) is 6.42 Å². The predicted octanol–water partition coefficient (Wildman–Crippen LogP) is 2.02. The van der Waals surface area contributed by atoms with E-state index >= 15 is 0 Å². The molecule has 0 saturated carbocycles. The van der Waals surface area contributed by atoms with Crippen molar-refractivity contribution in [1.82, 2.24) is 4.57 Å². The minimum absolute atomic E-state index is 0.256. The molecule has 0 amide bonds. The normalized spacial score (nSPS) is 10.8. The molecule has 0 aliphatic rings. The van der Waals surface area contributed by atoms with Crippen molar-refractivity contribution < 1.29 is 5.11 Å². The minimum Gasteiger partial charge on any atom is -0.396 e. The van der Waals surface area contributed by atoms with E-state index in [4.69, 9.17) is 5.11 Å². The highest BCUT2D eigenvalue weighted by atomic mass is 16.3. The number of hydrogen-bond acceptors (Lipinski definition) is 1. The third kappa shape index (κ3) is 1.58. The standard InChI is InChI=1S/C11H13NO/c13-9-3-7-12-8-6-10-4-1-2-5-11(10)12/h1-2,4-6,8,13H,3,7,9H2. The van der Waals surface area contributed by atoms with Gasteiger partial charge in [-0.3, -0.25) is 0 Å². The lowest BCUT2D eigenvalue weighted by Gasteiger charge is -2.02. The molecule has 0 aliphatic carbocycles. The molecule has 0 spiro atoms. The van der Waals surface area contributed by atoms with E-state index < -0.39 is 0 Å². The van der Waals surface area contributed by atoms with E-state index in [9.17, 15) is 0 Å². The molecule has 0 aliphatic heterocycles. The van der Waals surface area contributed by atoms with Crippen LogP contribution < -0.4 is 0 Å². The van der Waals surface area contributed by atoms with Gasteiger partial charge in [0.25, 0.3) is 0 Å². The first-order valence-corrected chi connectivity index (χ1v) is 4.56. The number of nitrogens with zero attached hydrogens (tertiary/aromatic N) is 1. The molecule has 0 fully saturated rings. The average Bonchev–Trinajstić information content (AvgIpc) is 2.58. The highest BCUT2D eigenvalue weighted by Gasteiger charge is 1.97. The van der Waals surface area contributed by atoms with Crippen LogP contribution >= 0.6 is 0 Å². The van der Waals surface area contributed by atoms with Crippen LogP contribution in [0.4, 0.5) is 0 Å². The summed E-state index contributed by atoms with van der Waals surface area (Å²) < 4.78 is 2.17. The quantitative estimate of drug-likeness (QED) is 0.758. The molecule has 0 radical (unpaired) electrons. The second-order valence-electron chi connectivity index (χ2n) is 3.15. The van der Waals surface area contributed by atoms with Crippen LogP contribution in [0.3, 0.4) is 0 Å². The molecule has 1 heterocycles. The molecule has 0 atom stereocenters. The molecule has 2 aromatic rings. The summed E-state index contributed by atoms with van der Waals surface area (Å²) in [6.45, 7) is 1.15. The SMILES string of the molecule is OCCCn1ccc2ccccc21. The third-order valence-corrected chi connectivity index (χ3v) is 2.24. The highest BCUT2D eigenvalue weighted by molar-refractivity contribution is 5.79. The number of aliphatic hydroxyl groups is 1. The summed E-state index contributed by atoms with van der Waals surface area (Å²) in [5.41, 5.74) is 1.25. The smallest absolute Gasteiger partial charge is 0.0480 e. The fraction of sp³-hybridized carbons (Fsp3) is 0.273. The van der Waals surface area contributed by atoms with E-state index in [1.165, 1.54) is 10.9 Å². The summed E-state index contributed by atoms with van der Waals surface area (Å²) in [7, 11) is 0. The Hall–Kier alpha value is -1.28. The van der Waals surface area contributed by atoms with Gasteiger partial charge in [0, 0.05) is 24.9 Å². The number of aliphatic hydroxyl groups excluding tert-OH is 1. The monoisotopic (exact) mass is 175 g/mol. The summed E-state index contributed by atoms with van der Waals surface area (Å²) in [4.78, 5) is 0. The van der Waals surface area contributed by atoms with E-state index in [0.717, 1.165) is 13.0 Å². The summed E-state index contributed by atoms with van der Waals surface area (Å²) in [6, 6.07) is 10.4. The van der Waals surface area contributed by atoms with E-state index in [2.05, 4.69) is 29.0 Å². The molecule has 68 valence electrons. The largest absolute Gasteiger partial charge is 0.396 e. The van der Waals surface area contributed by atoms with Crippen molar-refractivity contribution in [1.29, 1.82) is 0 Å². The first-order valence-electron chi connectivity index (χ1n) is 4.56. The van der Waals surface area contributed by atoms with Crippen LogP contribution in [0, 0.1) is 0 Å². The Morgan fingerprint density at radius 3 is 2.85 bits per heavy atom. The molecule has 0 bridgehead atoms. The molecular weight excluding hydrogens is 162 g/mol. The Morgan fingerprint density at radius 2 is 2.00 bits per heavy atom. The fourth-order valence-electron chi connectivity index (χ4n) is 1.58. The van der Waals surface area contributed by atoms with Crippen LogP contribution in [-0.4, -0.2) is 16.3 Å². The molecule has 1 aromatic heterocycles. The van der Waals surface area contributed by atoms with Crippen LogP contribution in [0.25, 0.3) is 10.9 Å². The number of hydrogen-bond donors (Lipinski definition) is 1. The number of rotatable bonds is 3. The van der Waals surface area contributed by atoms with Gasteiger partial charge in [-0.05, 0) is 23.9 Å². The van der Waals surface area contributed by atoms with Crippen LogP contribution in [0.5, 0.6) is 0 Å². The molecule has 1 aromatic carbocycles. The Labute approximate surface area is 77.4 Å². The molecule has 2 rings (SSSR count). The lowest BCUT2D eigenvalue weighted by molar-refractivity contribution is 0.280. The Balaban J connectivity index is 2.35. The van der Waals surface area contributed by atoms with Crippen molar-refractivity contribution in [2.75, 3.05) is 6.61 Å². The van der Waals surface area contributed by atoms with Gasteiger partial charge >= 0.3 is 0 Å². The van der Waals surface area contributed by atoms with Crippen LogP contribution in [0.2, 0.25) is 0 Å². The molecule has 1 N–H and O–H groups in total. The van der Waals surface area contributed by atoms with Crippen molar-refractivity contribution in [3.8, 4) is 0 Å². The number of para-hydroxylation sites is 1. The molecule has 0 saturated heterocycles. The van der Waals surface area contributed by atoms with Gasteiger partial charge < -0.3 is 9.67 Å². The number of aromatic nitrogens is 1. The Bertz CT molecular complexity index is 392. The number of benzene rings is 1. The van der Waals surface area contributed by atoms with Gasteiger partial charge in [0.2, 0.25) is 0 Å². The first kappa shape index (κ1) is 8.32. The zero-order chi connectivity index (χ0) is 9.10. The van der Waals surface area contributed by atoms with Crippen molar-refractivity contribution in [2.24, 2.45) is 0 Å². The second-order valence-corrected chi connectivity index (χ2v) is 3.15. The van der Waals surface area contributed by atoms with Gasteiger partial charge in [-0.25, -0.2) is 0 Å². The molecule has 13 heavy (non-hydrogen) atoms. The van der Waals surface area contributed by atoms with Gasteiger partial charge in [-0.15, -0.1) is 0 Å². The maximum absolute atomic E-state index is 8.72. The van der Waals surface area contributed by atoms with Crippen molar-refractivity contribution in [3.63, 3.8) is 0 Å². The zero-order valence-electron chi connectivity index (χ0n) is 7.48. The van der Waals surface area contributed by atoms with Crippen LogP contribution in [0.15, 0.2) is 36.5 Å². The van der Waals surface area contributed by atoms with Gasteiger partial charge in [-0.2, -0.15) is 0 Å². The molecule has 2 nitrogen and oxygen atoms in total. The van der Waals surface area contributed by atoms with Gasteiger partial charge in [-0.1, -0.05) is 18.2 Å². The summed E-state index contributed by atoms with van der Waals surface area (Å²) >= 11 is 0. The number of aryl methyl sites for hydroxylation is 1. The third-order valence-electron chi connectivity index (χ3n) is 2.24. The topological polar surface area (TPSA) is 25.2 Å². The predicted molar refractivity (Wildman–Crippen MR) is 53.6 cm³/mol. The highest BCUT2D eigenvalue weighted by Crippen LogP contribution is 2.14. The second kappa shape index (κ2) is 3.62. The minimum atomic E-state index is 0.256. The van der Waals surface area contributed by atoms with Gasteiger partial charge in [0.1, 0.15) is 0 Å². The van der Waals surface area contributed by atoms with E-state index in [1.807, 2.05) is 12.1 Å². The zero-order valence-corrected chi connectivity index (χ0v) is 7.48. The van der Waals surface area contributed by atoms with Crippen molar-refractivity contribution in [2.45, 2.75) is 13.0 Å². The summed E-state index contributed by atoms with van der Waals surface area (Å²) in [5, 5.41) is 9.99. The molecule has 0 unspecified atom stereocenters. The lowest BCUT2D eigenvalue weighted by atomic mass is 10.2. The number of fused-ring (bicyclic) bond motifs is 1.